The van der Waals surface area contributed by atoms with Crippen molar-refractivity contribution in [1.82, 2.24) is 5.32 Å². The highest BCUT2D eigenvalue weighted by atomic mass is 35.5. The molecule has 1 N–H and O–H groups in total. The average molecular weight is 368 g/mol. The number of benzene rings is 3. The second-order valence-electron chi connectivity index (χ2n) is 5.17. The molecular weight excluding hydrogens is 354 g/mol. The van der Waals surface area contributed by atoms with Gasteiger partial charge in [0.05, 0.1) is 16.1 Å². The number of fused-ring (bicyclic) bond motifs is 1. The van der Waals surface area contributed by atoms with Crippen molar-refractivity contribution in [2.24, 2.45) is 0 Å². The third-order valence-corrected chi connectivity index (χ3v) is 4.77. The molecule has 124 valence electrons. The van der Waals surface area contributed by atoms with E-state index < -0.39 is 5.91 Å². The summed E-state index contributed by atoms with van der Waals surface area (Å²) in [7, 11) is 0. The van der Waals surface area contributed by atoms with Gasteiger partial charge >= 0.3 is 0 Å². The Hall–Kier alpha value is -2.56. The number of amides is 2. The van der Waals surface area contributed by atoms with Crippen LogP contribution >= 0.6 is 23.4 Å². The molecule has 0 aliphatic carbocycles. The highest BCUT2D eigenvalue weighted by molar-refractivity contribution is 7.99. The van der Waals surface area contributed by atoms with Crippen LogP contribution in [0.5, 0.6) is 0 Å². The topological polar surface area (TPSA) is 46.2 Å². The molecule has 2 amide bonds. The van der Waals surface area contributed by atoms with Crippen LogP contribution in [0.4, 0.5) is 0 Å². The largest absolute Gasteiger partial charge is 0.288 e. The lowest BCUT2D eigenvalue weighted by atomic mass is 10.1. The molecular formula is C20H14ClNO2S. The normalized spacial score (nSPS) is 12.0. The number of hydrogen-bond acceptors (Lipinski definition) is 3. The maximum Gasteiger partial charge on any atom is 0.260 e. The molecule has 3 aromatic carbocycles. The predicted octanol–water partition coefficient (Wildman–Crippen LogP) is 5.06. The first-order chi connectivity index (χ1) is 12.1. The molecule has 3 nitrogen and oxygen atoms in total. The van der Waals surface area contributed by atoms with E-state index in [-0.39, 0.29) is 11.5 Å². The highest BCUT2D eigenvalue weighted by Crippen LogP contribution is 2.26. The first-order valence-electron chi connectivity index (χ1n) is 7.57. The van der Waals surface area contributed by atoms with Crippen LogP contribution in [0.2, 0.25) is 5.02 Å². The van der Waals surface area contributed by atoms with Crippen molar-refractivity contribution in [3.05, 3.63) is 95.0 Å². The Labute approximate surface area is 155 Å². The summed E-state index contributed by atoms with van der Waals surface area (Å²) in [6, 6.07) is 25.6. The van der Waals surface area contributed by atoms with Gasteiger partial charge in [-0.25, -0.2) is 0 Å². The number of carbonyl (C=O) groups is 2. The van der Waals surface area contributed by atoms with Gasteiger partial charge in [-0.15, -0.1) is 0 Å². The second kappa shape index (κ2) is 8.01. The molecule has 5 heteroatoms. The fraction of sp³-hybridized carbons (Fsp3) is 0. The summed E-state index contributed by atoms with van der Waals surface area (Å²) in [4.78, 5) is 24.7. The minimum absolute atomic E-state index is 0.282. The fourth-order valence-electron chi connectivity index (χ4n) is 2.29. The predicted molar refractivity (Wildman–Crippen MR) is 100 cm³/mol. The van der Waals surface area contributed by atoms with Gasteiger partial charge < -0.3 is 0 Å². The lowest BCUT2D eigenvalue weighted by Crippen LogP contribution is -2.19. The molecule has 0 saturated carbocycles. The number of hydrogen-bond donors (Lipinski definition) is 1. The van der Waals surface area contributed by atoms with Gasteiger partial charge in [-0.3, -0.25) is 14.9 Å². The van der Waals surface area contributed by atoms with E-state index in [4.69, 9.17) is 11.6 Å². The van der Waals surface area contributed by atoms with Crippen molar-refractivity contribution in [3.63, 3.8) is 0 Å². The van der Waals surface area contributed by atoms with Gasteiger partial charge in [0.25, 0.3) is 11.8 Å². The first kappa shape index (κ1) is 17.3. The zero-order valence-corrected chi connectivity index (χ0v) is 14.7. The molecule has 0 fully saturated rings. The molecule has 0 radical (unpaired) electrons. The van der Waals surface area contributed by atoms with Gasteiger partial charge in [0, 0.05) is 9.79 Å². The average Bonchev–Trinajstić information content (AvgIpc) is 2.93. The zero-order chi connectivity index (χ0) is 17.6. The summed E-state index contributed by atoms with van der Waals surface area (Å²) in [5.41, 5.74) is 0.636. The molecule has 1 aliphatic rings. The molecule has 4 rings (SSSR count). The Kier molecular flexibility index (Phi) is 5.53. The summed E-state index contributed by atoms with van der Waals surface area (Å²) >= 11 is 7.50. The van der Waals surface area contributed by atoms with Gasteiger partial charge in [-0.1, -0.05) is 65.8 Å². The first-order valence-corrected chi connectivity index (χ1v) is 8.77. The molecule has 25 heavy (non-hydrogen) atoms. The summed E-state index contributed by atoms with van der Waals surface area (Å²) < 4.78 is 0. The number of nitrogens with one attached hydrogen (secondary N) is 1. The molecule has 0 saturated heterocycles. The van der Waals surface area contributed by atoms with Crippen molar-refractivity contribution >= 4 is 35.2 Å². The quantitative estimate of drug-likeness (QED) is 0.644. The standard InChI is InChI=1S/C12H10S.C8H4ClNO2/c1-3-7-11(8-4-1)13-12-9-5-2-6-10-12;9-5-3-1-2-4-6(5)8(12)10-7(4)11/h1-10H;1-3H,(H,10,11,12). The van der Waals surface area contributed by atoms with Crippen molar-refractivity contribution < 1.29 is 9.59 Å². The molecule has 0 unspecified atom stereocenters. The monoisotopic (exact) mass is 367 g/mol. The highest BCUT2D eigenvalue weighted by Gasteiger charge is 2.28. The van der Waals surface area contributed by atoms with E-state index in [9.17, 15) is 9.59 Å². The maximum atomic E-state index is 11.1. The van der Waals surface area contributed by atoms with Gasteiger partial charge in [-0.2, -0.15) is 0 Å². The Bertz CT molecular complexity index is 861. The molecule has 0 atom stereocenters. The van der Waals surface area contributed by atoms with E-state index in [0.717, 1.165) is 0 Å². The smallest absolute Gasteiger partial charge is 0.260 e. The van der Waals surface area contributed by atoms with Crippen LogP contribution in [-0.4, -0.2) is 11.8 Å². The Morgan fingerprint density at radius 2 is 1.24 bits per heavy atom. The lowest BCUT2D eigenvalue weighted by molar-refractivity contribution is 0.0879. The Morgan fingerprint density at radius 1 is 0.680 bits per heavy atom. The Balaban J connectivity index is 0.000000146. The van der Waals surface area contributed by atoms with Crippen LogP contribution in [0.1, 0.15) is 20.7 Å². The molecule has 3 aromatic rings. The minimum atomic E-state index is -0.416. The van der Waals surface area contributed by atoms with E-state index >= 15 is 0 Å². The molecule has 0 spiro atoms. The van der Waals surface area contributed by atoms with Gasteiger partial charge in [-0.05, 0) is 36.4 Å². The molecule has 1 heterocycles. The SMILES string of the molecule is O=C1NC(=O)c2c(Cl)cccc21.c1ccc(Sc2ccccc2)cc1. The van der Waals surface area contributed by atoms with Gasteiger partial charge in [0.2, 0.25) is 0 Å². The van der Waals surface area contributed by atoms with Gasteiger partial charge in [0.1, 0.15) is 0 Å². The van der Waals surface area contributed by atoms with Crippen LogP contribution in [0.3, 0.4) is 0 Å². The number of imide groups is 1. The van der Waals surface area contributed by atoms with Crippen molar-refractivity contribution in [2.45, 2.75) is 9.79 Å². The van der Waals surface area contributed by atoms with E-state index in [2.05, 4.69) is 53.8 Å². The van der Waals surface area contributed by atoms with E-state index in [0.29, 0.717) is 10.6 Å². The molecule has 0 aromatic heterocycles. The van der Waals surface area contributed by atoms with Gasteiger partial charge in [0.15, 0.2) is 0 Å². The van der Waals surface area contributed by atoms with E-state index in [1.165, 1.54) is 9.79 Å². The molecule has 0 bridgehead atoms. The summed E-state index contributed by atoms with van der Waals surface area (Å²) in [5.74, 6) is -0.793. The second-order valence-corrected chi connectivity index (χ2v) is 6.73. The van der Waals surface area contributed by atoms with Crippen LogP contribution in [0.25, 0.3) is 0 Å². The molecule has 1 aliphatic heterocycles. The van der Waals surface area contributed by atoms with Crippen LogP contribution in [0, 0.1) is 0 Å². The minimum Gasteiger partial charge on any atom is -0.288 e. The Morgan fingerprint density at radius 3 is 1.76 bits per heavy atom. The lowest BCUT2D eigenvalue weighted by Gasteiger charge is -1.99. The van der Waals surface area contributed by atoms with E-state index in [1.807, 2.05) is 12.1 Å². The van der Waals surface area contributed by atoms with E-state index in [1.54, 1.807) is 30.0 Å². The number of halogens is 1. The third-order valence-electron chi connectivity index (χ3n) is 3.43. The fourth-order valence-corrected chi connectivity index (χ4v) is 3.41. The number of rotatable bonds is 2. The van der Waals surface area contributed by atoms with Crippen LogP contribution < -0.4 is 5.32 Å². The van der Waals surface area contributed by atoms with Crippen molar-refractivity contribution in [3.8, 4) is 0 Å². The van der Waals surface area contributed by atoms with Crippen LogP contribution in [0.15, 0.2) is 88.7 Å². The third kappa shape index (κ3) is 4.29. The summed E-state index contributed by atoms with van der Waals surface area (Å²) in [6.07, 6.45) is 0. The van der Waals surface area contributed by atoms with Crippen LogP contribution in [-0.2, 0) is 0 Å². The zero-order valence-electron chi connectivity index (χ0n) is 13.1. The van der Waals surface area contributed by atoms with Crippen molar-refractivity contribution in [1.29, 1.82) is 0 Å². The maximum absolute atomic E-state index is 11.1. The van der Waals surface area contributed by atoms with Crippen molar-refractivity contribution in [2.75, 3.05) is 0 Å². The summed E-state index contributed by atoms with van der Waals surface area (Å²) in [5, 5.41) is 2.48. The summed E-state index contributed by atoms with van der Waals surface area (Å²) in [6.45, 7) is 0. The number of carbonyl (C=O) groups excluding carboxylic acids is 2.